The van der Waals surface area contributed by atoms with Gasteiger partial charge >= 0.3 is 0 Å². The average Bonchev–Trinajstić information content (AvgIpc) is 2.17. The van der Waals surface area contributed by atoms with Gasteiger partial charge in [-0.15, -0.1) is 0 Å². The highest BCUT2D eigenvalue weighted by molar-refractivity contribution is 5.55. The first-order valence-electron chi connectivity index (χ1n) is 4.38. The van der Waals surface area contributed by atoms with E-state index < -0.39 is 0 Å². The first kappa shape index (κ1) is 9.69. The van der Waals surface area contributed by atoms with Crippen LogP contribution in [0.5, 0.6) is 0 Å². The Morgan fingerprint density at radius 1 is 1.46 bits per heavy atom. The van der Waals surface area contributed by atoms with Crippen molar-refractivity contribution in [3.05, 3.63) is 36.2 Å². The number of carbonyl (C=O) groups excluding carboxylic acids is 1. The Bertz CT molecular complexity index is 314. The van der Waals surface area contributed by atoms with Crippen LogP contribution in [0.1, 0.15) is 25.3 Å². The van der Waals surface area contributed by atoms with Gasteiger partial charge in [0, 0.05) is 0 Å². The summed E-state index contributed by atoms with van der Waals surface area (Å²) in [5.74, 6) is 0. The molecule has 0 aromatic heterocycles. The molecular weight excluding hydrogens is 162 g/mol. The Kier molecular flexibility index (Phi) is 3.94. The van der Waals surface area contributed by atoms with Gasteiger partial charge in [-0.2, -0.15) is 4.99 Å². The first-order valence-corrected chi connectivity index (χ1v) is 4.38. The molecule has 0 spiro atoms. The Hall–Kier alpha value is -1.40. The number of nitrogens with zero attached hydrogens (tertiary/aromatic N) is 1. The highest BCUT2D eigenvalue weighted by atomic mass is 16.1. The first-order chi connectivity index (χ1) is 6.38. The lowest BCUT2D eigenvalue weighted by Gasteiger charge is -2.01. The van der Waals surface area contributed by atoms with Gasteiger partial charge in [0.25, 0.3) is 0 Å². The van der Waals surface area contributed by atoms with Crippen LogP contribution in [-0.2, 0) is 4.79 Å². The molecule has 0 saturated heterocycles. The number of unbranched alkanes of at least 4 members (excludes halogenated alkanes) is 1. The molecule has 0 aliphatic heterocycles. The fraction of sp³-hybridized carbons (Fsp3) is 0.273. The van der Waals surface area contributed by atoms with Gasteiger partial charge in [-0.05, 0) is 24.5 Å². The summed E-state index contributed by atoms with van der Waals surface area (Å²) in [5.41, 5.74) is 1.71. The highest BCUT2D eigenvalue weighted by Gasteiger charge is 1.98. The molecule has 1 aromatic rings. The van der Waals surface area contributed by atoms with Gasteiger partial charge in [0.15, 0.2) is 0 Å². The summed E-state index contributed by atoms with van der Waals surface area (Å²) < 4.78 is 0. The molecule has 0 aliphatic carbocycles. The van der Waals surface area contributed by atoms with Crippen molar-refractivity contribution in [3.8, 4) is 0 Å². The second-order valence-corrected chi connectivity index (χ2v) is 2.75. The fourth-order valence-corrected chi connectivity index (χ4v) is 1.11. The van der Waals surface area contributed by atoms with Crippen LogP contribution in [0.2, 0.25) is 0 Å². The Morgan fingerprint density at radius 2 is 2.23 bits per heavy atom. The van der Waals surface area contributed by atoms with Gasteiger partial charge in [0.05, 0.1) is 5.69 Å². The van der Waals surface area contributed by atoms with Crippen molar-refractivity contribution in [2.75, 3.05) is 0 Å². The van der Waals surface area contributed by atoms with Crippen molar-refractivity contribution in [3.63, 3.8) is 0 Å². The predicted molar refractivity (Wildman–Crippen MR) is 52.5 cm³/mol. The van der Waals surface area contributed by atoms with Crippen LogP contribution in [0.15, 0.2) is 29.3 Å². The van der Waals surface area contributed by atoms with Gasteiger partial charge in [-0.1, -0.05) is 31.5 Å². The molecule has 1 aromatic carbocycles. The third-order valence-electron chi connectivity index (χ3n) is 1.76. The minimum absolute atomic E-state index is 0.700. The summed E-state index contributed by atoms with van der Waals surface area (Å²) in [5, 5.41) is 0. The molecule has 13 heavy (non-hydrogen) atoms. The number of para-hydroxylation sites is 1. The van der Waals surface area contributed by atoms with E-state index in [0.29, 0.717) is 5.69 Å². The average molecular weight is 174 g/mol. The number of hydrogen-bond donors (Lipinski definition) is 0. The molecule has 0 heterocycles. The lowest BCUT2D eigenvalue weighted by molar-refractivity contribution is 0.565. The Labute approximate surface area is 78.3 Å². The SMILES string of the molecule is CCC[CH]c1ccccc1N=C=O. The maximum Gasteiger partial charge on any atom is 0.240 e. The zero-order chi connectivity index (χ0) is 9.52. The fourth-order valence-electron chi connectivity index (χ4n) is 1.11. The molecule has 0 N–H and O–H groups in total. The van der Waals surface area contributed by atoms with Crippen molar-refractivity contribution >= 4 is 11.8 Å². The molecule has 1 rings (SSSR count). The minimum atomic E-state index is 0.700. The summed E-state index contributed by atoms with van der Waals surface area (Å²) in [6, 6.07) is 7.56. The van der Waals surface area contributed by atoms with Crippen LogP contribution in [0.4, 0.5) is 5.69 Å². The second kappa shape index (κ2) is 5.28. The van der Waals surface area contributed by atoms with E-state index in [1.54, 1.807) is 6.08 Å². The monoisotopic (exact) mass is 174 g/mol. The summed E-state index contributed by atoms with van der Waals surface area (Å²) >= 11 is 0. The molecule has 0 amide bonds. The Morgan fingerprint density at radius 3 is 2.92 bits per heavy atom. The molecular formula is C11H12NO. The molecule has 0 saturated carbocycles. The summed E-state index contributed by atoms with van der Waals surface area (Å²) in [6.07, 6.45) is 5.74. The third-order valence-corrected chi connectivity index (χ3v) is 1.76. The summed E-state index contributed by atoms with van der Waals surface area (Å²) in [7, 11) is 0. The van der Waals surface area contributed by atoms with Crippen LogP contribution >= 0.6 is 0 Å². The van der Waals surface area contributed by atoms with Crippen molar-refractivity contribution in [2.24, 2.45) is 4.99 Å². The summed E-state index contributed by atoms with van der Waals surface area (Å²) in [4.78, 5) is 13.7. The largest absolute Gasteiger partial charge is 0.240 e. The molecule has 0 unspecified atom stereocenters. The predicted octanol–water partition coefficient (Wildman–Crippen LogP) is 3.01. The van der Waals surface area contributed by atoms with Gasteiger partial charge in [-0.25, -0.2) is 4.79 Å². The van der Waals surface area contributed by atoms with E-state index in [4.69, 9.17) is 0 Å². The van der Waals surface area contributed by atoms with E-state index >= 15 is 0 Å². The van der Waals surface area contributed by atoms with E-state index in [1.807, 2.05) is 24.3 Å². The molecule has 0 atom stereocenters. The molecule has 2 nitrogen and oxygen atoms in total. The van der Waals surface area contributed by atoms with Crippen molar-refractivity contribution in [2.45, 2.75) is 19.8 Å². The van der Waals surface area contributed by atoms with Crippen molar-refractivity contribution in [1.29, 1.82) is 0 Å². The summed E-state index contributed by atoms with van der Waals surface area (Å²) in [6.45, 7) is 2.11. The smallest absolute Gasteiger partial charge is 0.211 e. The number of isocyanates is 1. The van der Waals surface area contributed by atoms with Crippen LogP contribution in [0.3, 0.4) is 0 Å². The maximum absolute atomic E-state index is 10.1. The van der Waals surface area contributed by atoms with Gasteiger partial charge in [0.1, 0.15) is 0 Å². The lowest BCUT2D eigenvalue weighted by atomic mass is 10.1. The molecule has 1 radical (unpaired) electrons. The van der Waals surface area contributed by atoms with E-state index in [2.05, 4.69) is 18.3 Å². The quantitative estimate of drug-likeness (QED) is 0.509. The molecule has 0 bridgehead atoms. The van der Waals surface area contributed by atoms with Crippen LogP contribution in [0.25, 0.3) is 0 Å². The number of aliphatic imine (C=N–C) groups is 1. The minimum Gasteiger partial charge on any atom is -0.211 e. The van der Waals surface area contributed by atoms with E-state index in [1.165, 1.54) is 0 Å². The standard InChI is InChI=1S/C11H12NO/c1-2-3-6-10-7-4-5-8-11(10)12-9-13/h4-8H,2-3H2,1H3. The Balaban J connectivity index is 2.84. The number of rotatable bonds is 4. The van der Waals surface area contributed by atoms with E-state index in [0.717, 1.165) is 18.4 Å². The molecule has 2 heteroatoms. The lowest BCUT2D eigenvalue weighted by Crippen LogP contribution is -1.81. The zero-order valence-electron chi connectivity index (χ0n) is 7.66. The van der Waals surface area contributed by atoms with Gasteiger partial charge in [-0.3, -0.25) is 0 Å². The van der Waals surface area contributed by atoms with Crippen molar-refractivity contribution < 1.29 is 4.79 Å². The van der Waals surface area contributed by atoms with Crippen LogP contribution in [-0.4, -0.2) is 6.08 Å². The number of hydrogen-bond acceptors (Lipinski definition) is 2. The van der Waals surface area contributed by atoms with Crippen LogP contribution in [0, 0.1) is 6.42 Å². The van der Waals surface area contributed by atoms with Crippen LogP contribution < -0.4 is 0 Å². The normalized spacial score (nSPS) is 9.31. The zero-order valence-corrected chi connectivity index (χ0v) is 7.66. The van der Waals surface area contributed by atoms with E-state index in [-0.39, 0.29) is 0 Å². The van der Waals surface area contributed by atoms with E-state index in [9.17, 15) is 4.79 Å². The molecule has 0 aliphatic rings. The topological polar surface area (TPSA) is 29.4 Å². The molecule has 67 valence electrons. The van der Waals surface area contributed by atoms with Gasteiger partial charge in [0.2, 0.25) is 6.08 Å². The van der Waals surface area contributed by atoms with Gasteiger partial charge < -0.3 is 0 Å². The maximum atomic E-state index is 10.1. The van der Waals surface area contributed by atoms with Crippen molar-refractivity contribution in [1.82, 2.24) is 0 Å². The third kappa shape index (κ3) is 2.85. The number of benzene rings is 1. The highest BCUT2D eigenvalue weighted by Crippen LogP contribution is 2.21. The molecule has 0 fully saturated rings. The second-order valence-electron chi connectivity index (χ2n) is 2.75.